The summed E-state index contributed by atoms with van der Waals surface area (Å²) in [6, 6.07) is 4.00. The Morgan fingerprint density at radius 1 is 1.23 bits per heavy atom. The van der Waals surface area contributed by atoms with Crippen LogP contribution in [0.5, 0.6) is 5.75 Å². The third-order valence-electron chi connectivity index (χ3n) is 7.79. The number of piperidine rings is 1. The second-order valence-electron chi connectivity index (χ2n) is 10.3. The summed E-state index contributed by atoms with van der Waals surface area (Å²) in [4.78, 5) is 14.4. The van der Waals surface area contributed by atoms with Crippen LogP contribution in [0, 0.1) is 11.8 Å². The lowest BCUT2D eigenvalue weighted by Gasteiger charge is -2.32. The number of likely N-dealkylation sites (tertiary alicyclic amines) is 1. The van der Waals surface area contributed by atoms with E-state index in [1.54, 1.807) is 6.08 Å². The van der Waals surface area contributed by atoms with Gasteiger partial charge in [-0.15, -0.1) is 5.92 Å². The molecule has 0 atom stereocenters. The van der Waals surface area contributed by atoms with E-state index in [9.17, 15) is 8.78 Å². The monoisotopic (exact) mass is 533 g/mol. The number of imidazole rings is 1. The zero-order valence-corrected chi connectivity index (χ0v) is 23.0. The van der Waals surface area contributed by atoms with Gasteiger partial charge in [0.2, 0.25) is 0 Å². The van der Waals surface area contributed by atoms with E-state index >= 15 is 0 Å². The summed E-state index contributed by atoms with van der Waals surface area (Å²) in [5.74, 6) is 8.11. The van der Waals surface area contributed by atoms with E-state index in [2.05, 4.69) is 45.5 Å². The molecule has 39 heavy (non-hydrogen) atoms. The standard InChI is InChI=1S/C31H37F2N5O/c1-5-8-23-24(17-34-4)28(36-27(23)20-9-10-20)21(6-2)31-35-25-12-11-22(19-13-15-38(7-3)16-14-19)30(29(25)37-31)39-18-26(32)33/h6,11-12,17,19-20,26,34,36H,2,7,9-10,13-16,18H2,1,3-4H3,(H,35,37)/b24-17-,28-21-. The Morgan fingerprint density at radius 3 is 2.62 bits per heavy atom. The van der Waals surface area contributed by atoms with Crippen molar-refractivity contribution in [3.05, 3.63) is 58.0 Å². The number of nitrogens with zero attached hydrogens (tertiary/aromatic N) is 2. The molecule has 0 spiro atoms. The second-order valence-corrected chi connectivity index (χ2v) is 10.3. The predicted molar refractivity (Wildman–Crippen MR) is 152 cm³/mol. The van der Waals surface area contributed by atoms with Gasteiger partial charge in [-0.2, -0.15) is 0 Å². The number of alkyl halides is 2. The van der Waals surface area contributed by atoms with Crippen molar-refractivity contribution in [1.29, 1.82) is 0 Å². The molecule has 2 aliphatic rings. The lowest BCUT2D eigenvalue weighted by atomic mass is 9.88. The minimum atomic E-state index is -2.57. The van der Waals surface area contributed by atoms with Crippen LogP contribution in [-0.4, -0.2) is 59.6 Å². The van der Waals surface area contributed by atoms with Crippen molar-refractivity contribution in [2.75, 3.05) is 33.3 Å². The number of fused-ring (bicyclic) bond motifs is 1. The Kier molecular flexibility index (Phi) is 8.08. The average molecular weight is 534 g/mol. The molecule has 1 saturated carbocycles. The van der Waals surface area contributed by atoms with Crippen molar-refractivity contribution in [2.24, 2.45) is 0 Å². The molecule has 8 heteroatoms. The summed E-state index contributed by atoms with van der Waals surface area (Å²) in [7, 11) is 1.87. The maximum Gasteiger partial charge on any atom is 0.272 e. The Morgan fingerprint density at radius 2 is 2.00 bits per heavy atom. The number of ether oxygens (including phenoxy) is 1. The van der Waals surface area contributed by atoms with Crippen LogP contribution in [-0.2, 0) is 0 Å². The third kappa shape index (κ3) is 5.46. The number of hydrogen-bond acceptors (Lipinski definition) is 4. The van der Waals surface area contributed by atoms with E-state index in [1.807, 2.05) is 32.3 Å². The SMILES string of the molecule is C=C/C(c1nc2c(OCC(F)F)c(C3CCN(CC)CC3)ccc2[nH]1)=c1/[nH]c(C2CC2)c(C#CC)/c1=C/NC. The number of allylic oxidation sites excluding steroid dienone is 1. The minimum absolute atomic E-state index is 0.240. The lowest BCUT2D eigenvalue weighted by Crippen LogP contribution is -2.32. The van der Waals surface area contributed by atoms with Gasteiger partial charge in [-0.1, -0.05) is 31.6 Å². The van der Waals surface area contributed by atoms with Crippen LogP contribution in [0.25, 0.3) is 22.8 Å². The van der Waals surface area contributed by atoms with E-state index in [-0.39, 0.29) is 5.92 Å². The highest BCUT2D eigenvalue weighted by molar-refractivity contribution is 5.87. The lowest BCUT2D eigenvalue weighted by molar-refractivity contribution is 0.0816. The molecule has 1 aliphatic carbocycles. The maximum atomic E-state index is 13.3. The quantitative estimate of drug-likeness (QED) is 0.359. The minimum Gasteiger partial charge on any atom is -0.485 e. The van der Waals surface area contributed by atoms with Crippen molar-refractivity contribution in [1.82, 2.24) is 25.2 Å². The van der Waals surface area contributed by atoms with Crippen molar-refractivity contribution in [2.45, 2.75) is 57.8 Å². The maximum absolute atomic E-state index is 13.3. The molecule has 1 aliphatic heterocycles. The molecule has 206 valence electrons. The summed E-state index contributed by atoms with van der Waals surface area (Å²) >= 11 is 0. The average Bonchev–Trinajstić information content (AvgIpc) is 3.61. The first-order chi connectivity index (χ1) is 19.0. The summed E-state index contributed by atoms with van der Waals surface area (Å²) in [5.41, 5.74) is 5.18. The van der Waals surface area contributed by atoms with Gasteiger partial charge in [-0.25, -0.2) is 13.8 Å². The first kappa shape index (κ1) is 27.0. The Labute approximate surface area is 228 Å². The number of aromatic nitrogens is 3. The zero-order chi connectivity index (χ0) is 27.5. The highest BCUT2D eigenvalue weighted by atomic mass is 19.3. The number of halogens is 2. The summed E-state index contributed by atoms with van der Waals surface area (Å²) < 4.78 is 32.4. The van der Waals surface area contributed by atoms with Gasteiger partial charge in [0.1, 0.15) is 17.9 Å². The molecule has 5 rings (SSSR count). The van der Waals surface area contributed by atoms with Gasteiger partial charge >= 0.3 is 0 Å². The van der Waals surface area contributed by atoms with Gasteiger partial charge < -0.3 is 24.9 Å². The first-order valence-corrected chi connectivity index (χ1v) is 13.8. The van der Waals surface area contributed by atoms with Gasteiger partial charge in [-0.3, -0.25) is 0 Å². The molecular formula is C31H37F2N5O. The fourth-order valence-electron chi connectivity index (χ4n) is 5.66. The van der Waals surface area contributed by atoms with Gasteiger partial charge in [0.05, 0.1) is 16.4 Å². The van der Waals surface area contributed by atoms with Crippen LogP contribution >= 0.6 is 0 Å². The molecule has 0 unspecified atom stereocenters. The number of H-pyrrole nitrogens is 2. The van der Waals surface area contributed by atoms with Gasteiger partial charge in [0.15, 0.2) is 5.75 Å². The molecule has 6 nitrogen and oxygen atoms in total. The van der Waals surface area contributed by atoms with Crippen LogP contribution in [0.3, 0.4) is 0 Å². The van der Waals surface area contributed by atoms with Crippen molar-refractivity contribution in [3.63, 3.8) is 0 Å². The van der Waals surface area contributed by atoms with Gasteiger partial charge in [-0.05, 0) is 69.8 Å². The molecule has 0 bridgehead atoms. The molecule has 0 amide bonds. The molecule has 1 saturated heterocycles. The fraction of sp³-hybridized carbons (Fsp3) is 0.452. The molecule has 0 radical (unpaired) electrons. The highest BCUT2D eigenvalue weighted by Gasteiger charge is 2.29. The number of hydrogen-bond donors (Lipinski definition) is 3. The molecule has 3 aromatic rings. The zero-order valence-electron chi connectivity index (χ0n) is 23.0. The number of nitrogens with one attached hydrogen (secondary N) is 3. The van der Waals surface area contributed by atoms with E-state index in [0.717, 1.165) is 83.8 Å². The van der Waals surface area contributed by atoms with Gasteiger partial charge in [0.25, 0.3) is 6.43 Å². The molecule has 2 fully saturated rings. The summed E-state index contributed by atoms with van der Waals surface area (Å²) in [6.45, 7) is 10.4. The van der Waals surface area contributed by atoms with Gasteiger partial charge in [0, 0.05) is 35.7 Å². The number of aromatic amines is 2. The second kappa shape index (κ2) is 11.7. The number of rotatable bonds is 9. The summed E-state index contributed by atoms with van der Waals surface area (Å²) in [6.07, 6.45) is 5.34. The van der Waals surface area contributed by atoms with E-state index < -0.39 is 13.0 Å². The fourth-order valence-corrected chi connectivity index (χ4v) is 5.66. The highest BCUT2D eigenvalue weighted by Crippen LogP contribution is 2.40. The largest absolute Gasteiger partial charge is 0.485 e. The van der Waals surface area contributed by atoms with Crippen LogP contribution in [0.15, 0.2) is 24.8 Å². The van der Waals surface area contributed by atoms with Crippen LogP contribution in [0.2, 0.25) is 0 Å². The van der Waals surface area contributed by atoms with E-state index in [1.165, 1.54) is 0 Å². The van der Waals surface area contributed by atoms with Crippen LogP contribution < -0.4 is 20.6 Å². The van der Waals surface area contributed by atoms with Crippen molar-refractivity contribution in [3.8, 4) is 17.6 Å². The third-order valence-corrected chi connectivity index (χ3v) is 7.79. The van der Waals surface area contributed by atoms with Crippen LogP contribution in [0.1, 0.15) is 74.0 Å². The predicted octanol–water partition coefficient (Wildman–Crippen LogP) is 4.33. The molecule has 3 N–H and O–H groups in total. The molecule has 1 aromatic carbocycles. The molecular weight excluding hydrogens is 496 g/mol. The Bertz CT molecular complexity index is 1530. The molecule has 3 heterocycles. The Balaban J connectivity index is 1.67. The topological polar surface area (TPSA) is 69.0 Å². The van der Waals surface area contributed by atoms with Crippen molar-refractivity contribution >= 4 is 22.8 Å². The normalized spacial score (nSPS) is 17.8. The number of benzene rings is 1. The van der Waals surface area contributed by atoms with Crippen LogP contribution in [0.4, 0.5) is 8.78 Å². The summed E-state index contributed by atoms with van der Waals surface area (Å²) in [5, 5.41) is 4.99. The molecule has 2 aromatic heterocycles. The smallest absolute Gasteiger partial charge is 0.272 e. The van der Waals surface area contributed by atoms with E-state index in [0.29, 0.717) is 23.0 Å². The first-order valence-electron chi connectivity index (χ1n) is 13.8. The Hall–Kier alpha value is -3.57. The van der Waals surface area contributed by atoms with Crippen molar-refractivity contribution < 1.29 is 13.5 Å². The van der Waals surface area contributed by atoms with E-state index in [4.69, 9.17) is 9.72 Å².